The third kappa shape index (κ3) is 7.15. The Bertz CT molecular complexity index is 855. The number of aryl methyl sites for hydroxylation is 1. The van der Waals surface area contributed by atoms with Crippen molar-refractivity contribution in [3.63, 3.8) is 0 Å². The quantitative estimate of drug-likeness (QED) is 0.605. The maximum Gasteiger partial charge on any atom is 0.244 e. The molecule has 1 aromatic heterocycles. The molecule has 29 heavy (non-hydrogen) atoms. The molecule has 0 fully saturated rings. The number of carbonyl (C=O) groups excluding carboxylic acids is 3. The molecule has 2 rings (SSSR count). The van der Waals surface area contributed by atoms with Gasteiger partial charge in [-0.15, -0.1) is 11.8 Å². The third-order valence-corrected chi connectivity index (χ3v) is 4.72. The van der Waals surface area contributed by atoms with Crippen molar-refractivity contribution in [1.82, 2.24) is 10.1 Å². The van der Waals surface area contributed by atoms with Crippen LogP contribution in [0.2, 0.25) is 0 Å². The molecular weight excluding hydrogens is 396 g/mol. The molecule has 1 heterocycles. The van der Waals surface area contributed by atoms with Crippen LogP contribution in [0.1, 0.15) is 12.7 Å². The Morgan fingerprint density at radius 1 is 1.17 bits per heavy atom. The van der Waals surface area contributed by atoms with Gasteiger partial charge in [0.15, 0.2) is 5.82 Å². The van der Waals surface area contributed by atoms with E-state index in [1.807, 2.05) is 0 Å². The van der Waals surface area contributed by atoms with E-state index in [0.29, 0.717) is 29.6 Å². The summed E-state index contributed by atoms with van der Waals surface area (Å²) >= 11 is 1.16. The van der Waals surface area contributed by atoms with Crippen LogP contribution >= 0.6 is 11.8 Å². The predicted molar refractivity (Wildman–Crippen MR) is 111 cm³/mol. The van der Waals surface area contributed by atoms with Gasteiger partial charge in [-0.3, -0.25) is 14.4 Å². The molecule has 2 aromatic rings. The number of anilines is 2. The van der Waals surface area contributed by atoms with Crippen LogP contribution in [0.15, 0.2) is 34.9 Å². The minimum atomic E-state index is -0.325. The number of aromatic nitrogens is 1. The van der Waals surface area contributed by atoms with Crippen molar-refractivity contribution in [2.45, 2.75) is 13.8 Å². The second-order valence-electron chi connectivity index (χ2n) is 6.02. The highest BCUT2D eigenvalue weighted by Gasteiger charge is 2.17. The van der Waals surface area contributed by atoms with E-state index in [2.05, 4.69) is 15.8 Å². The van der Waals surface area contributed by atoms with Gasteiger partial charge in [-0.2, -0.15) is 0 Å². The molecule has 0 unspecified atom stereocenters. The number of rotatable bonds is 10. The molecule has 0 atom stereocenters. The van der Waals surface area contributed by atoms with E-state index in [4.69, 9.17) is 9.26 Å². The minimum absolute atomic E-state index is 0.0844. The van der Waals surface area contributed by atoms with Crippen LogP contribution in [0, 0.1) is 6.92 Å². The molecule has 3 amide bonds. The zero-order chi connectivity index (χ0) is 21.2. The first kappa shape index (κ1) is 22.3. The van der Waals surface area contributed by atoms with E-state index in [1.165, 1.54) is 12.0 Å². The summed E-state index contributed by atoms with van der Waals surface area (Å²) in [6.07, 6.45) is 0. The van der Waals surface area contributed by atoms with E-state index in [0.717, 1.165) is 11.8 Å². The molecule has 0 radical (unpaired) electrons. The lowest BCUT2D eigenvalue weighted by Gasteiger charge is -2.20. The van der Waals surface area contributed by atoms with Gasteiger partial charge in [-0.1, -0.05) is 17.3 Å². The molecule has 0 aliphatic carbocycles. The number of para-hydroxylation sites is 2. The fourth-order valence-corrected chi connectivity index (χ4v) is 3.13. The number of nitrogens with one attached hydrogen (secondary N) is 2. The van der Waals surface area contributed by atoms with E-state index in [9.17, 15) is 14.4 Å². The van der Waals surface area contributed by atoms with E-state index in [-0.39, 0.29) is 35.8 Å². The first-order valence-corrected chi connectivity index (χ1v) is 10.1. The Labute approximate surface area is 173 Å². The van der Waals surface area contributed by atoms with Crippen molar-refractivity contribution in [1.29, 1.82) is 0 Å². The molecule has 156 valence electrons. The molecule has 10 heteroatoms. The minimum Gasteiger partial charge on any atom is -0.495 e. The maximum absolute atomic E-state index is 12.4. The summed E-state index contributed by atoms with van der Waals surface area (Å²) in [5.74, 6) is 0.804. The van der Waals surface area contributed by atoms with Crippen molar-refractivity contribution in [2.24, 2.45) is 0 Å². The van der Waals surface area contributed by atoms with E-state index in [1.54, 1.807) is 44.2 Å². The average Bonchev–Trinajstić information content (AvgIpc) is 3.10. The number of benzene rings is 1. The predicted octanol–water partition coefficient (Wildman–Crippen LogP) is 2.15. The number of likely N-dealkylation sites (N-methyl/N-ethyl adjacent to an activating group) is 1. The molecule has 0 bridgehead atoms. The van der Waals surface area contributed by atoms with Crippen LogP contribution in [0.25, 0.3) is 0 Å². The summed E-state index contributed by atoms with van der Waals surface area (Å²) in [6.45, 7) is 3.81. The molecule has 0 aliphatic rings. The summed E-state index contributed by atoms with van der Waals surface area (Å²) in [7, 11) is 1.52. The lowest BCUT2D eigenvalue weighted by Crippen LogP contribution is -2.39. The zero-order valence-corrected chi connectivity index (χ0v) is 17.4. The second kappa shape index (κ2) is 11.1. The number of ether oxygens (including phenoxy) is 1. The zero-order valence-electron chi connectivity index (χ0n) is 16.6. The Hall–Kier alpha value is -3.01. The lowest BCUT2D eigenvalue weighted by atomic mass is 10.3. The lowest BCUT2D eigenvalue weighted by molar-refractivity contribution is -0.132. The molecule has 0 aliphatic heterocycles. The van der Waals surface area contributed by atoms with Gasteiger partial charge >= 0.3 is 0 Å². The van der Waals surface area contributed by atoms with Crippen molar-refractivity contribution < 1.29 is 23.6 Å². The summed E-state index contributed by atoms with van der Waals surface area (Å²) in [4.78, 5) is 38.0. The molecule has 0 saturated carbocycles. The number of hydrogen-bond donors (Lipinski definition) is 2. The number of hydrogen-bond acceptors (Lipinski definition) is 7. The van der Waals surface area contributed by atoms with Crippen molar-refractivity contribution in [2.75, 3.05) is 42.3 Å². The topological polar surface area (TPSA) is 114 Å². The molecule has 0 saturated heterocycles. The average molecular weight is 420 g/mol. The monoisotopic (exact) mass is 420 g/mol. The Morgan fingerprint density at radius 3 is 2.59 bits per heavy atom. The van der Waals surface area contributed by atoms with Gasteiger partial charge in [-0.05, 0) is 26.0 Å². The Balaban J connectivity index is 1.77. The van der Waals surface area contributed by atoms with Crippen LogP contribution in [-0.4, -0.2) is 59.5 Å². The summed E-state index contributed by atoms with van der Waals surface area (Å²) < 4.78 is 10.1. The van der Waals surface area contributed by atoms with Crippen LogP contribution in [0.5, 0.6) is 5.75 Å². The van der Waals surface area contributed by atoms with Crippen LogP contribution in [-0.2, 0) is 14.4 Å². The van der Waals surface area contributed by atoms with Gasteiger partial charge in [0.05, 0.1) is 30.8 Å². The fourth-order valence-electron chi connectivity index (χ4n) is 2.41. The van der Waals surface area contributed by atoms with Gasteiger partial charge in [0.25, 0.3) is 0 Å². The largest absolute Gasteiger partial charge is 0.495 e. The van der Waals surface area contributed by atoms with Crippen LogP contribution < -0.4 is 15.4 Å². The van der Waals surface area contributed by atoms with Gasteiger partial charge < -0.3 is 24.8 Å². The van der Waals surface area contributed by atoms with Gasteiger partial charge in [-0.25, -0.2) is 0 Å². The van der Waals surface area contributed by atoms with Crippen LogP contribution in [0.3, 0.4) is 0 Å². The van der Waals surface area contributed by atoms with E-state index < -0.39 is 0 Å². The van der Waals surface area contributed by atoms with Crippen molar-refractivity contribution in [3.8, 4) is 5.75 Å². The third-order valence-electron chi connectivity index (χ3n) is 3.80. The van der Waals surface area contributed by atoms with Crippen molar-refractivity contribution in [3.05, 3.63) is 36.1 Å². The summed E-state index contributed by atoms with van der Waals surface area (Å²) in [5.41, 5.74) is 0.539. The molecule has 9 nitrogen and oxygen atoms in total. The molecule has 0 spiro atoms. The Kier molecular flexibility index (Phi) is 8.53. The number of carbonyl (C=O) groups is 3. The smallest absolute Gasteiger partial charge is 0.244 e. The van der Waals surface area contributed by atoms with Gasteiger partial charge in [0, 0.05) is 12.6 Å². The summed E-state index contributed by atoms with van der Waals surface area (Å²) in [6, 6.07) is 8.64. The number of methoxy groups -OCH3 is 1. The number of thioether (sulfide) groups is 1. The normalized spacial score (nSPS) is 10.3. The molecule has 2 N–H and O–H groups in total. The number of nitrogens with zero attached hydrogens (tertiary/aromatic N) is 2. The SMILES string of the molecule is CCN(CC(=O)Nc1ccccc1OC)C(=O)CSCC(=O)Nc1cc(C)on1. The standard InChI is InChI=1S/C19H24N4O5S/c1-4-23(10-17(24)20-14-7-5-6-8-15(14)27-3)19(26)12-29-11-18(25)21-16-9-13(2)28-22-16/h5-9H,4,10-12H2,1-3H3,(H,20,24)(H,21,22,25). The van der Waals surface area contributed by atoms with Crippen LogP contribution in [0.4, 0.5) is 11.5 Å². The Morgan fingerprint density at radius 2 is 1.93 bits per heavy atom. The fraction of sp³-hybridized carbons (Fsp3) is 0.368. The number of amides is 3. The van der Waals surface area contributed by atoms with Gasteiger partial charge in [0.1, 0.15) is 11.5 Å². The highest BCUT2D eigenvalue weighted by molar-refractivity contribution is 8.00. The highest BCUT2D eigenvalue weighted by Crippen LogP contribution is 2.22. The second-order valence-corrected chi connectivity index (χ2v) is 7.01. The first-order valence-electron chi connectivity index (χ1n) is 8.94. The molecule has 1 aromatic carbocycles. The van der Waals surface area contributed by atoms with Crippen molar-refractivity contribution >= 4 is 41.0 Å². The molecular formula is C19H24N4O5S. The van der Waals surface area contributed by atoms with E-state index >= 15 is 0 Å². The maximum atomic E-state index is 12.4. The summed E-state index contributed by atoms with van der Waals surface area (Å²) in [5, 5.41) is 9.00. The van der Waals surface area contributed by atoms with Gasteiger partial charge in [0.2, 0.25) is 17.7 Å². The highest BCUT2D eigenvalue weighted by atomic mass is 32.2. The first-order chi connectivity index (χ1) is 13.9.